The van der Waals surface area contributed by atoms with Gasteiger partial charge in [0.05, 0.1) is 0 Å². The van der Waals surface area contributed by atoms with Crippen molar-refractivity contribution in [3.8, 4) is 0 Å². The number of carbonyl (C=O) groups excluding carboxylic acids is 2. The predicted octanol–water partition coefficient (Wildman–Crippen LogP) is 1.56. The Morgan fingerprint density at radius 3 is 2.33 bits per heavy atom. The van der Waals surface area contributed by atoms with Gasteiger partial charge in [-0.15, -0.1) is 12.4 Å². The van der Waals surface area contributed by atoms with Gasteiger partial charge in [0.2, 0.25) is 11.8 Å². The first kappa shape index (κ1) is 20.2. The van der Waals surface area contributed by atoms with Gasteiger partial charge in [-0.05, 0) is 32.4 Å². The lowest BCUT2D eigenvalue weighted by molar-refractivity contribution is -0.133. The van der Waals surface area contributed by atoms with Gasteiger partial charge in [-0.3, -0.25) is 9.59 Å². The third-order valence-electron chi connectivity index (χ3n) is 3.78. The van der Waals surface area contributed by atoms with Crippen molar-refractivity contribution >= 4 is 24.2 Å². The van der Waals surface area contributed by atoms with Crippen LogP contribution >= 0.6 is 12.4 Å². The summed E-state index contributed by atoms with van der Waals surface area (Å²) in [4.78, 5) is 25.6. The summed E-state index contributed by atoms with van der Waals surface area (Å²) >= 11 is 0. The lowest BCUT2D eigenvalue weighted by atomic mass is 9.96. The Kier molecular flexibility index (Phi) is 8.90. The number of nitrogens with zero attached hydrogens (tertiary/aromatic N) is 1. The summed E-state index contributed by atoms with van der Waals surface area (Å²) in [7, 11) is 1.89. The Balaban J connectivity index is 0.00000400. The van der Waals surface area contributed by atoms with Crippen molar-refractivity contribution in [3.05, 3.63) is 0 Å². The zero-order chi connectivity index (χ0) is 15.2. The monoisotopic (exact) mass is 319 g/mol. The second-order valence-electron chi connectivity index (χ2n) is 6.60. The molecule has 1 fully saturated rings. The molecule has 1 aliphatic rings. The number of carbonyl (C=O) groups is 2. The average molecular weight is 320 g/mol. The highest BCUT2D eigenvalue weighted by atomic mass is 35.5. The first-order valence-corrected chi connectivity index (χ1v) is 7.57. The molecule has 0 aromatic rings. The number of nitrogens with one attached hydrogen (secondary N) is 2. The van der Waals surface area contributed by atoms with Crippen LogP contribution in [-0.4, -0.2) is 49.4 Å². The third-order valence-corrected chi connectivity index (χ3v) is 3.78. The summed E-state index contributed by atoms with van der Waals surface area (Å²) in [6.45, 7) is 8.21. The van der Waals surface area contributed by atoms with Crippen LogP contribution in [0.3, 0.4) is 0 Å². The molecule has 0 unspecified atom stereocenters. The molecule has 0 aromatic carbocycles. The Morgan fingerprint density at radius 1 is 1.24 bits per heavy atom. The number of rotatable bonds is 5. The fourth-order valence-corrected chi connectivity index (χ4v) is 2.28. The minimum atomic E-state index is -0.365. The van der Waals surface area contributed by atoms with Gasteiger partial charge in [0, 0.05) is 31.5 Å². The molecule has 2 amide bonds. The maximum atomic E-state index is 12.1. The molecule has 0 aromatic heterocycles. The topological polar surface area (TPSA) is 61.4 Å². The Bertz CT molecular complexity index is 336. The molecule has 0 radical (unpaired) electrons. The molecule has 0 aliphatic carbocycles. The van der Waals surface area contributed by atoms with Gasteiger partial charge in [0.15, 0.2) is 0 Å². The minimum absolute atomic E-state index is 0. The van der Waals surface area contributed by atoms with Crippen LogP contribution in [0.2, 0.25) is 0 Å². The quantitative estimate of drug-likeness (QED) is 0.756. The van der Waals surface area contributed by atoms with Crippen molar-refractivity contribution in [1.82, 2.24) is 15.5 Å². The van der Waals surface area contributed by atoms with Gasteiger partial charge in [-0.2, -0.15) is 0 Å². The summed E-state index contributed by atoms with van der Waals surface area (Å²) in [5, 5.41) is 6.18. The third kappa shape index (κ3) is 7.14. The molecule has 124 valence electrons. The second-order valence-corrected chi connectivity index (χ2v) is 6.60. The summed E-state index contributed by atoms with van der Waals surface area (Å²) in [5.41, 5.74) is -0.365. The molecular weight excluding hydrogens is 290 g/mol. The Labute approximate surface area is 134 Å². The highest BCUT2D eigenvalue weighted by Gasteiger charge is 2.22. The van der Waals surface area contributed by atoms with Crippen molar-refractivity contribution < 1.29 is 9.59 Å². The Hall–Kier alpha value is -0.810. The summed E-state index contributed by atoms with van der Waals surface area (Å²) in [6.07, 6.45) is 3.27. The first-order chi connectivity index (χ1) is 9.32. The summed E-state index contributed by atoms with van der Waals surface area (Å²) in [5.74, 6) is 0.221. The number of hydrogen-bond acceptors (Lipinski definition) is 3. The van der Waals surface area contributed by atoms with Crippen LogP contribution in [0, 0.1) is 5.41 Å². The molecule has 0 atom stereocenters. The smallest absolute Gasteiger partial charge is 0.225 e. The lowest BCUT2D eigenvalue weighted by Crippen LogP contribution is -2.44. The van der Waals surface area contributed by atoms with E-state index in [0.717, 1.165) is 25.9 Å². The van der Waals surface area contributed by atoms with Crippen LogP contribution in [0.15, 0.2) is 0 Å². The van der Waals surface area contributed by atoms with Crippen LogP contribution in [0.25, 0.3) is 0 Å². The van der Waals surface area contributed by atoms with Crippen molar-refractivity contribution in [2.45, 2.75) is 52.5 Å². The average Bonchev–Trinajstić information content (AvgIpc) is 2.42. The number of piperidine rings is 1. The maximum Gasteiger partial charge on any atom is 0.225 e. The van der Waals surface area contributed by atoms with E-state index in [-0.39, 0.29) is 29.6 Å². The van der Waals surface area contributed by atoms with Gasteiger partial charge in [0.1, 0.15) is 0 Å². The predicted molar refractivity (Wildman–Crippen MR) is 87.6 cm³/mol. The van der Waals surface area contributed by atoms with E-state index < -0.39 is 0 Å². The molecule has 6 heteroatoms. The largest absolute Gasteiger partial charge is 0.356 e. The van der Waals surface area contributed by atoms with E-state index in [9.17, 15) is 9.59 Å². The van der Waals surface area contributed by atoms with E-state index >= 15 is 0 Å². The fraction of sp³-hybridized carbons (Fsp3) is 0.867. The highest BCUT2D eigenvalue weighted by molar-refractivity contribution is 5.85. The molecule has 0 saturated carbocycles. The molecule has 21 heavy (non-hydrogen) atoms. The van der Waals surface area contributed by atoms with E-state index in [1.165, 1.54) is 0 Å². The molecule has 0 bridgehead atoms. The van der Waals surface area contributed by atoms with Gasteiger partial charge in [0.25, 0.3) is 0 Å². The van der Waals surface area contributed by atoms with Crippen LogP contribution in [0.1, 0.15) is 46.5 Å². The van der Waals surface area contributed by atoms with E-state index in [4.69, 9.17) is 0 Å². The minimum Gasteiger partial charge on any atom is -0.356 e. The highest BCUT2D eigenvalue weighted by Crippen LogP contribution is 2.13. The second kappa shape index (κ2) is 9.26. The van der Waals surface area contributed by atoms with E-state index in [0.29, 0.717) is 25.4 Å². The first-order valence-electron chi connectivity index (χ1n) is 7.57. The van der Waals surface area contributed by atoms with Crippen molar-refractivity contribution in [1.29, 1.82) is 0 Å². The zero-order valence-corrected chi connectivity index (χ0v) is 14.5. The van der Waals surface area contributed by atoms with Crippen LogP contribution < -0.4 is 10.6 Å². The molecule has 0 spiro atoms. The molecule has 5 nitrogen and oxygen atoms in total. The molecule has 2 N–H and O–H groups in total. The summed E-state index contributed by atoms with van der Waals surface area (Å²) < 4.78 is 0. The molecule has 1 heterocycles. The van der Waals surface area contributed by atoms with Gasteiger partial charge >= 0.3 is 0 Å². The zero-order valence-electron chi connectivity index (χ0n) is 13.7. The van der Waals surface area contributed by atoms with Crippen LogP contribution in [0.4, 0.5) is 0 Å². The van der Waals surface area contributed by atoms with Crippen LogP contribution in [-0.2, 0) is 9.59 Å². The number of halogens is 1. The molecule has 1 saturated heterocycles. The molecular formula is C15H30ClN3O2. The normalized spacial score (nSPS) is 16.0. The SMILES string of the molecule is CN(C(=O)CCCNC(=O)C(C)(C)C)C1CCNCC1.Cl. The van der Waals surface area contributed by atoms with Crippen molar-refractivity contribution in [3.63, 3.8) is 0 Å². The number of amides is 2. The number of hydrogen-bond donors (Lipinski definition) is 2. The maximum absolute atomic E-state index is 12.1. The summed E-state index contributed by atoms with van der Waals surface area (Å²) in [6, 6.07) is 0.368. The van der Waals surface area contributed by atoms with Crippen LogP contribution in [0.5, 0.6) is 0 Å². The van der Waals surface area contributed by atoms with Gasteiger partial charge < -0.3 is 15.5 Å². The van der Waals surface area contributed by atoms with E-state index in [1.807, 2.05) is 32.7 Å². The van der Waals surface area contributed by atoms with Crippen molar-refractivity contribution in [2.24, 2.45) is 5.41 Å². The van der Waals surface area contributed by atoms with E-state index in [2.05, 4.69) is 10.6 Å². The fourth-order valence-electron chi connectivity index (χ4n) is 2.28. The van der Waals surface area contributed by atoms with Gasteiger partial charge in [-0.1, -0.05) is 20.8 Å². The Morgan fingerprint density at radius 2 is 1.81 bits per heavy atom. The van der Waals surface area contributed by atoms with E-state index in [1.54, 1.807) is 0 Å². The molecule has 1 aliphatic heterocycles. The lowest BCUT2D eigenvalue weighted by Gasteiger charge is -2.31. The van der Waals surface area contributed by atoms with Crippen molar-refractivity contribution in [2.75, 3.05) is 26.7 Å². The van der Waals surface area contributed by atoms with Gasteiger partial charge in [-0.25, -0.2) is 0 Å². The molecule has 1 rings (SSSR count). The standard InChI is InChI=1S/C15H29N3O2.ClH/c1-15(2,3)14(20)17-9-5-6-13(19)18(4)12-7-10-16-11-8-12;/h12,16H,5-11H2,1-4H3,(H,17,20);1H.